The molecule has 11 heteroatoms. The van der Waals surface area contributed by atoms with Gasteiger partial charge in [0, 0.05) is 11.6 Å². The molecule has 2 aromatic carbocycles. The van der Waals surface area contributed by atoms with Gasteiger partial charge in [-0.25, -0.2) is 0 Å². The molecule has 6 nitrogen and oxygen atoms in total. The van der Waals surface area contributed by atoms with E-state index in [1.165, 1.54) is 23.9 Å². The number of hydrogen-bond acceptors (Lipinski definition) is 5. The van der Waals surface area contributed by atoms with Crippen molar-refractivity contribution in [3.05, 3.63) is 61.8 Å². The summed E-state index contributed by atoms with van der Waals surface area (Å²) in [5.41, 5.74) is 1.32. The van der Waals surface area contributed by atoms with E-state index in [2.05, 4.69) is 15.5 Å². The van der Waals surface area contributed by atoms with Crippen LogP contribution >= 0.6 is 58.2 Å². The predicted octanol–water partition coefficient (Wildman–Crippen LogP) is 7.09. The predicted molar refractivity (Wildman–Crippen MR) is 132 cm³/mol. The molecule has 0 aliphatic heterocycles. The molecular formula is C21H20Cl4N4O2S. The Kier molecular flexibility index (Phi) is 8.58. The summed E-state index contributed by atoms with van der Waals surface area (Å²) in [5, 5.41) is 13.5. The van der Waals surface area contributed by atoms with Crippen molar-refractivity contribution in [1.29, 1.82) is 0 Å². The summed E-state index contributed by atoms with van der Waals surface area (Å²) in [6.45, 7) is 6.41. The number of rotatable bonds is 8. The van der Waals surface area contributed by atoms with E-state index in [1.54, 1.807) is 6.07 Å². The minimum absolute atomic E-state index is 0.111. The first-order valence-corrected chi connectivity index (χ1v) is 12.1. The number of aromatic nitrogens is 3. The quantitative estimate of drug-likeness (QED) is 0.247. The molecule has 1 aromatic heterocycles. The van der Waals surface area contributed by atoms with Crippen LogP contribution in [0.3, 0.4) is 0 Å². The zero-order valence-electron chi connectivity index (χ0n) is 17.5. The van der Waals surface area contributed by atoms with Gasteiger partial charge in [-0.05, 0) is 56.7 Å². The van der Waals surface area contributed by atoms with Gasteiger partial charge in [0.1, 0.15) is 5.75 Å². The fourth-order valence-corrected chi connectivity index (χ4v) is 4.41. The number of nitrogens with one attached hydrogen (secondary N) is 1. The number of ether oxygens (including phenoxy) is 1. The number of hydrogen-bond donors (Lipinski definition) is 1. The van der Waals surface area contributed by atoms with E-state index in [-0.39, 0.29) is 17.8 Å². The van der Waals surface area contributed by atoms with Crippen LogP contribution in [0.2, 0.25) is 20.1 Å². The first-order chi connectivity index (χ1) is 15.2. The third-order valence-electron chi connectivity index (χ3n) is 4.48. The Balaban J connectivity index is 1.66. The summed E-state index contributed by atoms with van der Waals surface area (Å²) in [4.78, 5) is 12.4. The maximum absolute atomic E-state index is 12.4. The normalized spacial score (nSPS) is 12.0. The van der Waals surface area contributed by atoms with Gasteiger partial charge in [0.25, 0.3) is 0 Å². The summed E-state index contributed by atoms with van der Waals surface area (Å²) < 4.78 is 7.94. The molecule has 3 rings (SSSR count). The van der Waals surface area contributed by atoms with Gasteiger partial charge >= 0.3 is 0 Å². The van der Waals surface area contributed by atoms with E-state index < -0.39 is 0 Å². The zero-order valence-corrected chi connectivity index (χ0v) is 21.3. The second kappa shape index (κ2) is 11.0. The Bertz CT molecular complexity index is 1140. The van der Waals surface area contributed by atoms with Crippen LogP contribution in [0.1, 0.15) is 31.3 Å². The van der Waals surface area contributed by atoms with Gasteiger partial charge in [-0.2, -0.15) is 0 Å². The van der Waals surface area contributed by atoms with Crippen molar-refractivity contribution in [2.75, 3.05) is 11.1 Å². The number of thioether (sulfide) groups is 1. The van der Waals surface area contributed by atoms with Crippen molar-refractivity contribution >= 4 is 69.8 Å². The average molecular weight is 534 g/mol. The first kappa shape index (κ1) is 25.0. The Morgan fingerprint density at radius 3 is 2.50 bits per heavy atom. The standard InChI is InChI=1S/C21H20Cl4N4O2S/c1-4-29-20(12(3)31-13-5-6-14(22)11(2)7-13)27-28-21(29)32-10-19(30)26-18-9-16(24)15(23)8-17(18)25/h5-9,12H,4,10H2,1-3H3,(H,26,30). The van der Waals surface area contributed by atoms with E-state index in [0.29, 0.717) is 49.1 Å². The van der Waals surface area contributed by atoms with Gasteiger partial charge in [0.05, 0.1) is 26.5 Å². The highest BCUT2D eigenvalue weighted by molar-refractivity contribution is 7.99. The number of halogens is 4. The van der Waals surface area contributed by atoms with Gasteiger partial charge in [-0.3, -0.25) is 4.79 Å². The lowest BCUT2D eigenvalue weighted by Crippen LogP contribution is -2.15. The summed E-state index contributed by atoms with van der Waals surface area (Å²) >= 11 is 25.4. The molecule has 1 atom stereocenters. The largest absolute Gasteiger partial charge is 0.483 e. The molecule has 0 saturated carbocycles. The van der Waals surface area contributed by atoms with Crippen LogP contribution in [0.25, 0.3) is 0 Å². The van der Waals surface area contributed by atoms with Crippen molar-refractivity contribution in [1.82, 2.24) is 14.8 Å². The fourth-order valence-electron chi connectivity index (χ4n) is 2.89. The minimum Gasteiger partial charge on any atom is -0.483 e. The van der Waals surface area contributed by atoms with E-state index in [0.717, 1.165) is 5.56 Å². The van der Waals surface area contributed by atoms with Crippen molar-refractivity contribution in [3.63, 3.8) is 0 Å². The molecule has 0 aliphatic rings. The second-order valence-corrected chi connectivity index (χ2v) is 9.41. The minimum atomic E-state index is -0.346. The van der Waals surface area contributed by atoms with Gasteiger partial charge in [-0.15, -0.1) is 10.2 Å². The Hall–Kier alpha value is -1.64. The van der Waals surface area contributed by atoms with Crippen molar-refractivity contribution in [2.45, 2.75) is 38.6 Å². The molecule has 0 bridgehead atoms. The van der Waals surface area contributed by atoms with Crippen LogP contribution in [0.15, 0.2) is 35.5 Å². The van der Waals surface area contributed by atoms with E-state index >= 15 is 0 Å². The number of anilines is 1. The average Bonchev–Trinajstić information content (AvgIpc) is 3.16. The lowest BCUT2D eigenvalue weighted by atomic mass is 10.2. The summed E-state index contributed by atoms with van der Waals surface area (Å²) in [6, 6.07) is 8.48. The molecule has 0 saturated heterocycles. The number of carbonyl (C=O) groups is 1. The van der Waals surface area contributed by atoms with E-state index in [9.17, 15) is 4.79 Å². The number of benzene rings is 2. The van der Waals surface area contributed by atoms with Crippen LogP contribution in [-0.4, -0.2) is 26.4 Å². The van der Waals surface area contributed by atoms with Gasteiger partial charge in [0.2, 0.25) is 5.91 Å². The summed E-state index contributed by atoms with van der Waals surface area (Å²) in [7, 11) is 0. The second-order valence-electron chi connectivity index (χ2n) is 6.84. The number of carbonyl (C=O) groups excluding carboxylic acids is 1. The van der Waals surface area contributed by atoms with Crippen LogP contribution in [0.4, 0.5) is 5.69 Å². The SMILES string of the molecule is CCn1c(SCC(=O)Nc2cc(Cl)c(Cl)cc2Cl)nnc1C(C)Oc1ccc(Cl)c(C)c1. The Labute approximate surface area is 210 Å². The Morgan fingerprint density at radius 1 is 1.09 bits per heavy atom. The van der Waals surface area contributed by atoms with Crippen molar-refractivity contribution < 1.29 is 9.53 Å². The van der Waals surface area contributed by atoms with Crippen molar-refractivity contribution in [2.24, 2.45) is 0 Å². The summed E-state index contributed by atoms with van der Waals surface area (Å²) in [5.74, 6) is 1.21. The van der Waals surface area contributed by atoms with Gasteiger partial charge < -0.3 is 14.6 Å². The molecule has 0 spiro atoms. The first-order valence-electron chi connectivity index (χ1n) is 9.62. The smallest absolute Gasteiger partial charge is 0.234 e. The molecule has 170 valence electrons. The molecule has 1 heterocycles. The molecule has 32 heavy (non-hydrogen) atoms. The number of amides is 1. The van der Waals surface area contributed by atoms with E-state index in [4.69, 9.17) is 51.1 Å². The van der Waals surface area contributed by atoms with Gasteiger partial charge in [0.15, 0.2) is 17.1 Å². The highest BCUT2D eigenvalue weighted by atomic mass is 35.5. The molecule has 0 radical (unpaired) electrons. The van der Waals surface area contributed by atoms with Crippen LogP contribution in [0.5, 0.6) is 5.75 Å². The topological polar surface area (TPSA) is 69.0 Å². The molecule has 0 aliphatic carbocycles. The molecule has 3 aromatic rings. The molecule has 1 amide bonds. The third kappa shape index (κ3) is 6.02. The van der Waals surface area contributed by atoms with Crippen LogP contribution in [-0.2, 0) is 11.3 Å². The molecular weight excluding hydrogens is 514 g/mol. The zero-order chi connectivity index (χ0) is 23.4. The molecule has 1 unspecified atom stereocenters. The van der Waals surface area contributed by atoms with Gasteiger partial charge in [-0.1, -0.05) is 58.2 Å². The monoisotopic (exact) mass is 532 g/mol. The third-order valence-corrected chi connectivity index (χ3v) is 6.91. The highest BCUT2D eigenvalue weighted by Gasteiger charge is 2.20. The molecule has 0 fully saturated rings. The highest BCUT2D eigenvalue weighted by Crippen LogP contribution is 2.32. The lowest BCUT2D eigenvalue weighted by Gasteiger charge is -2.16. The number of aryl methyl sites for hydroxylation is 1. The van der Waals surface area contributed by atoms with E-state index in [1.807, 2.05) is 37.5 Å². The van der Waals surface area contributed by atoms with Crippen molar-refractivity contribution in [3.8, 4) is 5.75 Å². The number of nitrogens with zero attached hydrogens (tertiary/aromatic N) is 3. The Morgan fingerprint density at radius 2 is 1.81 bits per heavy atom. The molecule has 1 N–H and O–H groups in total. The lowest BCUT2D eigenvalue weighted by molar-refractivity contribution is -0.113. The maximum atomic E-state index is 12.4. The fraction of sp³-hybridized carbons (Fsp3) is 0.286. The van der Waals surface area contributed by atoms with Crippen LogP contribution in [0, 0.1) is 6.92 Å². The summed E-state index contributed by atoms with van der Waals surface area (Å²) in [6.07, 6.45) is -0.346. The maximum Gasteiger partial charge on any atom is 0.234 e. The van der Waals surface area contributed by atoms with Crippen LogP contribution < -0.4 is 10.1 Å².